The Bertz CT molecular complexity index is 966. The van der Waals surface area contributed by atoms with Crippen molar-refractivity contribution in [3.63, 3.8) is 0 Å². The number of fused-ring (bicyclic) bond motifs is 1. The summed E-state index contributed by atoms with van der Waals surface area (Å²) in [6.45, 7) is 4.18. The van der Waals surface area contributed by atoms with Gasteiger partial charge in [-0.25, -0.2) is 23.1 Å². The number of anilines is 1. The highest BCUT2D eigenvalue weighted by Gasteiger charge is 2.28. The second kappa shape index (κ2) is 9.85. The van der Waals surface area contributed by atoms with Crippen LogP contribution < -0.4 is 5.32 Å². The van der Waals surface area contributed by atoms with E-state index in [2.05, 4.69) is 15.3 Å². The van der Waals surface area contributed by atoms with Gasteiger partial charge in [-0.3, -0.25) is 4.79 Å². The van der Waals surface area contributed by atoms with Gasteiger partial charge in [0.25, 0.3) is 6.43 Å². The number of rotatable bonds is 7. The van der Waals surface area contributed by atoms with Crippen LogP contribution in [0.25, 0.3) is 0 Å². The van der Waals surface area contributed by atoms with Crippen molar-refractivity contribution >= 4 is 11.7 Å². The lowest BCUT2D eigenvalue weighted by molar-refractivity contribution is -0.135. The van der Waals surface area contributed by atoms with Gasteiger partial charge in [0.2, 0.25) is 5.91 Å². The largest absolute Gasteiger partial charge is 0.378 e. The van der Waals surface area contributed by atoms with E-state index in [4.69, 9.17) is 4.74 Å². The van der Waals surface area contributed by atoms with Crippen LogP contribution in [-0.4, -0.2) is 47.1 Å². The predicted octanol–water partition coefficient (Wildman–Crippen LogP) is 4.08. The Morgan fingerprint density at radius 3 is 2.72 bits per heavy atom. The molecular weight excluding hydrogens is 421 g/mol. The predicted molar refractivity (Wildman–Crippen MR) is 113 cm³/mol. The lowest BCUT2D eigenvalue weighted by atomic mass is 9.99. The Balaban J connectivity index is 1.40. The molecule has 9 heteroatoms. The molecule has 32 heavy (non-hydrogen) atoms. The number of hydrogen-bond donors (Lipinski definition) is 1. The van der Waals surface area contributed by atoms with Gasteiger partial charge in [-0.05, 0) is 32.1 Å². The first-order valence-electron chi connectivity index (χ1n) is 10.9. The van der Waals surface area contributed by atoms with Crippen molar-refractivity contribution in [3.05, 3.63) is 52.7 Å². The van der Waals surface area contributed by atoms with Crippen LogP contribution in [0.4, 0.5) is 19.0 Å². The Labute approximate surface area is 185 Å². The molecule has 2 atom stereocenters. The van der Waals surface area contributed by atoms with Crippen molar-refractivity contribution < 1.29 is 22.7 Å². The standard InChI is InChI=1S/C23H27F3N4O2/c1-14(16-3-2-4-17(21(16)24)22(25)26)29-23-18-11-15(12-19(18)27-13-28-23)5-6-20(31)30-7-9-32-10-8-30/h2-4,13-15,22H,5-12H2,1H3,(H,27,28,29)/t14-,15?/m1/s1. The topological polar surface area (TPSA) is 67.4 Å². The monoisotopic (exact) mass is 448 g/mol. The number of nitrogens with zero attached hydrogens (tertiary/aromatic N) is 3. The number of carbonyl (C=O) groups excluding carboxylic acids is 1. The summed E-state index contributed by atoms with van der Waals surface area (Å²) in [6.07, 6.45) is 1.31. The van der Waals surface area contributed by atoms with E-state index < -0.39 is 23.8 Å². The molecule has 1 saturated heterocycles. The molecule has 2 aromatic rings. The maximum absolute atomic E-state index is 14.5. The van der Waals surface area contributed by atoms with Crippen molar-refractivity contribution in [1.29, 1.82) is 0 Å². The molecule has 0 bridgehead atoms. The summed E-state index contributed by atoms with van der Waals surface area (Å²) in [6, 6.07) is 3.49. The van der Waals surface area contributed by atoms with Crippen LogP contribution in [-0.2, 0) is 22.4 Å². The molecule has 1 N–H and O–H groups in total. The summed E-state index contributed by atoms with van der Waals surface area (Å²) in [7, 11) is 0. The van der Waals surface area contributed by atoms with Gasteiger partial charge < -0.3 is 15.0 Å². The second-order valence-corrected chi connectivity index (χ2v) is 8.37. The number of alkyl halides is 2. The van der Waals surface area contributed by atoms with E-state index in [0.717, 1.165) is 36.6 Å². The zero-order chi connectivity index (χ0) is 22.7. The molecule has 0 spiro atoms. The molecule has 1 aliphatic carbocycles. The van der Waals surface area contributed by atoms with E-state index in [1.54, 1.807) is 6.92 Å². The van der Waals surface area contributed by atoms with E-state index >= 15 is 0 Å². The normalized spacial score (nSPS) is 19.2. The van der Waals surface area contributed by atoms with E-state index in [1.807, 2.05) is 4.90 Å². The van der Waals surface area contributed by atoms with Crippen molar-refractivity contribution in [1.82, 2.24) is 14.9 Å². The number of carbonyl (C=O) groups is 1. The van der Waals surface area contributed by atoms with Crippen LogP contribution in [0.2, 0.25) is 0 Å². The average molecular weight is 448 g/mol. The summed E-state index contributed by atoms with van der Waals surface area (Å²) in [5.41, 5.74) is 1.43. The first-order valence-corrected chi connectivity index (χ1v) is 10.9. The number of morpholine rings is 1. The summed E-state index contributed by atoms with van der Waals surface area (Å²) in [5, 5.41) is 3.18. The Kier molecular flexibility index (Phi) is 6.93. The molecule has 1 aromatic carbocycles. The minimum Gasteiger partial charge on any atom is -0.378 e. The van der Waals surface area contributed by atoms with E-state index in [-0.39, 0.29) is 17.4 Å². The molecular formula is C23H27F3N4O2. The van der Waals surface area contributed by atoms with Gasteiger partial charge in [0.15, 0.2) is 0 Å². The third-order valence-electron chi connectivity index (χ3n) is 6.25. The first-order chi connectivity index (χ1) is 15.4. The van der Waals surface area contributed by atoms with Gasteiger partial charge in [-0.2, -0.15) is 0 Å². The molecule has 4 rings (SSSR count). The zero-order valence-corrected chi connectivity index (χ0v) is 18.0. The highest BCUT2D eigenvalue weighted by Crippen LogP contribution is 2.34. The quantitative estimate of drug-likeness (QED) is 0.692. The van der Waals surface area contributed by atoms with Crippen molar-refractivity contribution in [2.75, 3.05) is 31.6 Å². The number of ether oxygens (including phenoxy) is 1. The van der Waals surface area contributed by atoms with Crippen LogP contribution in [0.1, 0.15) is 54.6 Å². The van der Waals surface area contributed by atoms with Crippen molar-refractivity contribution in [2.24, 2.45) is 5.92 Å². The zero-order valence-electron chi connectivity index (χ0n) is 18.0. The number of nitrogens with one attached hydrogen (secondary N) is 1. The highest BCUT2D eigenvalue weighted by molar-refractivity contribution is 5.76. The number of halogens is 3. The molecule has 2 aliphatic rings. The van der Waals surface area contributed by atoms with Crippen LogP contribution in [0, 0.1) is 11.7 Å². The smallest absolute Gasteiger partial charge is 0.266 e. The minimum absolute atomic E-state index is 0.150. The fourth-order valence-electron chi connectivity index (χ4n) is 4.45. The number of hydrogen-bond acceptors (Lipinski definition) is 5. The van der Waals surface area contributed by atoms with Gasteiger partial charge in [0.05, 0.1) is 24.8 Å². The second-order valence-electron chi connectivity index (χ2n) is 8.37. The fraction of sp³-hybridized carbons (Fsp3) is 0.522. The van der Waals surface area contributed by atoms with Gasteiger partial charge >= 0.3 is 0 Å². The molecule has 0 saturated carbocycles. The van der Waals surface area contributed by atoms with Crippen molar-refractivity contribution in [2.45, 2.75) is 45.1 Å². The lowest BCUT2D eigenvalue weighted by Gasteiger charge is -2.27. The number of aromatic nitrogens is 2. The molecule has 1 aliphatic heterocycles. The number of amides is 1. The number of benzene rings is 1. The molecule has 2 heterocycles. The summed E-state index contributed by atoms with van der Waals surface area (Å²) in [5.74, 6) is 0.122. The summed E-state index contributed by atoms with van der Waals surface area (Å²) in [4.78, 5) is 23.0. The van der Waals surface area contributed by atoms with Crippen LogP contribution in [0.3, 0.4) is 0 Å². The Morgan fingerprint density at radius 2 is 1.97 bits per heavy atom. The van der Waals surface area contributed by atoms with E-state index in [9.17, 15) is 18.0 Å². The minimum atomic E-state index is -2.87. The van der Waals surface area contributed by atoms with E-state index in [1.165, 1.54) is 18.5 Å². The molecule has 1 unspecified atom stereocenters. The third-order valence-corrected chi connectivity index (χ3v) is 6.25. The molecule has 172 valence electrons. The average Bonchev–Trinajstić information content (AvgIpc) is 3.22. The highest BCUT2D eigenvalue weighted by atomic mass is 19.3. The van der Waals surface area contributed by atoms with E-state index in [0.29, 0.717) is 38.5 Å². The Hall–Kier alpha value is -2.68. The fourth-order valence-corrected chi connectivity index (χ4v) is 4.45. The van der Waals surface area contributed by atoms with Crippen LogP contribution in [0.5, 0.6) is 0 Å². The first kappa shape index (κ1) is 22.5. The van der Waals surface area contributed by atoms with Gasteiger partial charge in [-0.1, -0.05) is 18.2 Å². The summed E-state index contributed by atoms with van der Waals surface area (Å²) < 4.78 is 46.0. The van der Waals surface area contributed by atoms with Crippen molar-refractivity contribution in [3.8, 4) is 0 Å². The van der Waals surface area contributed by atoms with Crippen LogP contribution in [0.15, 0.2) is 24.5 Å². The molecule has 1 amide bonds. The van der Waals surface area contributed by atoms with Gasteiger partial charge in [0.1, 0.15) is 18.0 Å². The maximum Gasteiger partial charge on any atom is 0.266 e. The molecule has 0 radical (unpaired) electrons. The SMILES string of the molecule is C[C@@H](Nc1ncnc2c1CC(CCC(=O)N1CCOCC1)C2)c1cccc(C(F)F)c1F. The molecule has 1 fully saturated rings. The molecule has 1 aromatic heterocycles. The molecule has 6 nitrogen and oxygen atoms in total. The third kappa shape index (κ3) is 4.87. The Morgan fingerprint density at radius 1 is 1.22 bits per heavy atom. The summed E-state index contributed by atoms with van der Waals surface area (Å²) >= 11 is 0. The van der Waals surface area contributed by atoms with Gasteiger partial charge in [-0.15, -0.1) is 0 Å². The van der Waals surface area contributed by atoms with Gasteiger partial charge in [0, 0.05) is 36.3 Å². The van der Waals surface area contributed by atoms with Crippen LogP contribution >= 0.6 is 0 Å². The maximum atomic E-state index is 14.5. The lowest BCUT2D eigenvalue weighted by Crippen LogP contribution is -2.40.